The van der Waals surface area contributed by atoms with Crippen LogP contribution in [0.4, 0.5) is 4.39 Å². The van der Waals surface area contributed by atoms with E-state index < -0.39 is 5.82 Å². The zero-order chi connectivity index (χ0) is 16.7. The fraction of sp³-hybridized carbons (Fsp3) is 0.556. The summed E-state index contributed by atoms with van der Waals surface area (Å²) in [4.78, 5) is 17.0. The number of morpholine rings is 1. The fourth-order valence-electron chi connectivity index (χ4n) is 3.91. The molecule has 1 aromatic carbocycles. The van der Waals surface area contributed by atoms with Crippen molar-refractivity contribution in [3.8, 4) is 6.07 Å². The maximum Gasteiger partial charge on any atom is 0.254 e. The van der Waals surface area contributed by atoms with Crippen LogP contribution in [0, 0.1) is 23.1 Å². The van der Waals surface area contributed by atoms with E-state index in [-0.39, 0.29) is 23.1 Å². The van der Waals surface area contributed by atoms with Crippen molar-refractivity contribution in [1.29, 1.82) is 5.26 Å². The molecule has 4 rings (SSSR count). The SMILES string of the molecule is N#Cc1cc(F)cc(C(=O)N2CCN3[C@@H](COC[C@@H]3C3CC3)C2)c1. The van der Waals surface area contributed by atoms with Crippen LogP contribution in [-0.4, -0.2) is 60.6 Å². The van der Waals surface area contributed by atoms with Gasteiger partial charge in [0.15, 0.2) is 0 Å². The third kappa shape index (κ3) is 2.90. The van der Waals surface area contributed by atoms with Crippen molar-refractivity contribution >= 4 is 5.91 Å². The number of halogens is 1. The lowest BCUT2D eigenvalue weighted by atomic mass is 10.0. The second-order valence-electron chi connectivity index (χ2n) is 6.93. The highest BCUT2D eigenvalue weighted by Gasteiger charge is 2.43. The molecular formula is C18H20FN3O2. The molecule has 24 heavy (non-hydrogen) atoms. The van der Waals surface area contributed by atoms with Gasteiger partial charge in [0.2, 0.25) is 0 Å². The molecule has 1 saturated carbocycles. The van der Waals surface area contributed by atoms with Crippen LogP contribution in [0.3, 0.4) is 0 Å². The summed E-state index contributed by atoms with van der Waals surface area (Å²) in [5.74, 6) is -0.0125. The number of amides is 1. The third-order valence-electron chi connectivity index (χ3n) is 5.28. The van der Waals surface area contributed by atoms with Gasteiger partial charge in [0.1, 0.15) is 5.82 Å². The van der Waals surface area contributed by atoms with Crippen LogP contribution in [0.2, 0.25) is 0 Å². The number of hydrogen-bond donors (Lipinski definition) is 0. The normalized spacial score (nSPS) is 27.4. The number of ether oxygens (including phenoxy) is 1. The lowest BCUT2D eigenvalue weighted by molar-refractivity contribution is -0.0816. The van der Waals surface area contributed by atoms with Gasteiger partial charge in [-0.15, -0.1) is 0 Å². The van der Waals surface area contributed by atoms with Gasteiger partial charge in [-0.3, -0.25) is 9.69 Å². The van der Waals surface area contributed by atoms with E-state index in [2.05, 4.69) is 4.90 Å². The van der Waals surface area contributed by atoms with Gasteiger partial charge in [0.25, 0.3) is 5.91 Å². The zero-order valence-electron chi connectivity index (χ0n) is 13.4. The third-order valence-corrected chi connectivity index (χ3v) is 5.28. The minimum absolute atomic E-state index is 0.173. The molecular weight excluding hydrogens is 309 g/mol. The Morgan fingerprint density at radius 1 is 1.25 bits per heavy atom. The lowest BCUT2D eigenvalue weighted by Gasteiger charge is -2.48. The molecule has 0 aromatic heterocycles. The summed E-state index contributed by atoms with van der Waals surface area (Å²) in [5.41, 5.74) is 0.419. The molecule has 0 bridgehead atoms. The Balaban J connectivity index is 1.49. The molecule has 0 unspecified atom stereocenters. The zero-order valence-corrected chi connectivity index (χ0v) is 13.4. The second-order valence-corrected chi connectivity index (χ2v) is 6.93. The van der Waals surface area contributed by atoms with Gasteiger partial charge in [0.05, 0.1) is 30.9 Å². The van der Waals surface area contributed by atoms with E-state index in [1.807, 2.05) is 6.07 Å². The number of fused-ring (bicyclic) bond motifs is 1. The Morgan fingerprint density at radius 3 is 2.83 bits per heavy atom. The number of nitrogens with zero attached hydrogens (tertiary/aromatic N) is 3. The maximum atomic E-state index is 13.6. The average molecular weight is 329 g/mol. The molecule has 2 atom stereocenters. The van der Waals surface area contributed by atoms with Crippen molar-refractivity contribution in [2.45, 2.75) is 24.9 Å². The van der Waals surface area contributed by atoms with Crippen molar-refractivity contribution in [2.75, 3.05) is 32.8 Å². The van der Waals surface area contributed by atoms with Crippen LogP contribution in [-0.2, 0) is 4.74 Å². The summed E-state index contributed by atoms with van der Waals surface area (Å²) in [6.45, 7) is 3.50. The highest BCUT2D eigenvalue weighted by atomic mass is 19.1. The summed E-state index contributed by atoms with van der Waals surface area (Å²) in [7, 11) is 0. The monoisotopic (exact) mass is 329 g/mol. The highest BCUT2D eigenvalue weighted by Crippen LogP contribution is 2.38. The van der Waals surface area contributed by atoms with Crippen molar-refractivity contribution in [3.63, 3.8) is 0 Å². The van der Waals surface area contributed by atoms with E-state index in [9.17, 15) is 9.18 Å². The lowest BCUT2D eigenvalue weighted by Crippen LogP contribution is -2.63. The number of nitriles is 1. The number of benzene rings is 1. The van der Waals surface area contributed by atoms with Gasteiger partial charge in [0, 0.05) is 31.2 Å². The van der Waals surface area contributed by atoms with Gasteiger partial charge in [-0.2, -0.15) is 5.26 Å². The first kappa shape index (κ1) is 15.6. The van der Waals surface area contributed by atoms with Crippen LogP contribution in [0.5, 0.6) is 0 Å². The minimum Gasteiger partial charge on any atom is -0.378 e. The van der Waals surface area contributed by atoms with Crippen molar-refractivity contribution in [1.82, 2.24) is 9.80 Å². The molecule has 2 saturated heterocycles. The molecule has 5 nitrogen and oxygen atoms in total. The smallest absolute Gasteiger partial charge is 0.254 e. The first-order chi connectivity index (χ1) is 11.7. The molecule has 1 aliphatic carbocycles. The minimum atomic E-state index is -0.550. The predicted octanol–water partition coefficient (Wildman–Crippen LogP) is 1.63. The fourth-order valence-corrected chi connectivity index (χ4v) is 3.91. The maximum absolute atomic E-state index is 13.6. The standard InChI is InChI=1S/C18H20FN3O2/c19-15-6-12(8-20)5-14(7-15)18(23)21-3-4-22-16(9-21)10-24-11-17(22)13-1-2-13/h5-7,13,16-17H,1-4,9-11H2/t16-,17-/m1/s1. The van der Waals surface area contributed by atoms with Gasteiger partial charge in [-0.05, 0) is 37.0 Å². The molecule has 6 heteroatoms. The molecule has 0 spiro atoms. The molecule has 3 fully saturated rings. The number of rotatable bonds is 2. The Morgan fingerprint density at radius 2 is 2.08 bits per heavy atom. The number of piperazine rings is 1. The summed E-state index contributed by atoms with van der Waals surface area (Å²) in [6.07, 6.45) is 2.56. The number of carbonyl (C=O) groups excluding carboxylic acids is 1. The quantitative estimate of drug-likeness (QED) is 0.828. The van der Waals surface area contributed by atoms with Crippen LogP contribution in [0.1, 0.15) is 28.8 Å². The van der Waals surface area contributed by atoms with Crippen molar-refractivity contribution < 1.29 is 13.9 Å². The average Bonchev–Trinajstić information content (AvgIpc) is 3.44. The summed E-state index contributed by atoms with van der Waals surface area (Å²) < 4.78 is 19.4. The largest absolute Gasteiger partial charge is 0.378 e. The Kier molecular flexibility index (Phi) is 3.99. The van der Waals surface area contributed by atoms with E-state index in [1.165, 1.54) is 25.0 Å². The van der Waals surface area contributed by atoms with Gasteiger partial charge in [-0.25, -0.2) is 4.39 Å². The van der Waals surface area contributed by atoms with E-state index in [4.69, 9.17) is 10.00 Å². The first-order valence-corrected chi connectivity index (χ1v) is 8.49. The van der Waals surface area contributed by atoms with Crippen LogP contribution in [0.25, 0.3) is 0 Å². The molecule has 1 amide bonds. The topological polar surface area (TPSA) is 56.6 Å². The molecule has 1 aromatic rings. The summed E-state index contributed by atoms with van der Waals surface area (Å²) in [5, 5.41) is 8.96. The summed E-state index contributed by atoms with van der Waals surface area (Å²) >= 11 is 0. The van der Waals surface area contributed by atoms with E-state index in [0.29, 0.717) is 25.7 Å². The number of carbonyl (C=O) groups is 1. The van der Waals surface area contributed by atoms with Crippen LogP contribution in [0.15, 0.2) is 18.2 Å². The molecule has 126 valence electrons. The van der Waals surface area contributed by atoms with Gasteiger partial charge in [-0.1, -0.05) is 0 Å². The highest BCUT2D eigenvalue weighted by molar-refractivity contribution is 5.94. The predicted molar refractivity (Wildman–Crippen MR) is 84.8 cm³/mol. The molecule has 3 aliphatic rings. The first-order valence-electron chi connectivity index (χ1n) is 8.49. The van der Waals surface area contributed by atoms with Gasteiger partial charge >= 0.3 is 0 Å². The molecule has 0 N–H and O–H groups in total. The molecule has 2 aliphatic heterocycles. The summed E-state index contributed by atoms with van der Waals surface area (Å²) in [6, 6.07) is 6.41. The van der Waals surface area contributed by atoms with Crippen molar-refractivity contribution in [3.05, 3.63) is 35.1 Å². The van der Waals surface area contributed by atoms with Crippen LogP contribution >= 0.6 is 0 Å². The van der Waals surface area contributed by atoms with E-state index >= 15 is 0 Å². The van der Waals surface area contributed by atoms with Gasteiger partial charge < -0.3 is 9.64 Å². The van der Waals surface area contributed by atoms with E-state index in [1.54, 1.807) is 4.90 Å². The van der Waals surface area contributed by atoms with E-state index in [0.717, 1.165) is 25.1 Å². The Hall–Kier alpha value is -1.97. The Labute approximate surface area is 140 Å². The van der Waals surface area contributed by atoms with Crippen LogP contribution < -0.4 is 0 Å². The molecule has 2 heterocycles. The molecule has 0 radical (unpaired) electrons. The van der Waals surface area contributed by atoms with Crippen molar-refractivity contribution in [2.24, 2.45) is 5.92 Å². The number of hydrogen-bond acceptors (Lipinski definition) is 4. The Bertz CT molecular complexity index is 698. The second kappa shape index (κ2) is 6.15.